The summed E-state index contributed by atoms with van der Waals surface area (Å²) in [6, 6.07) is 9.81. The molecule has 1 aliphatic heterocycles. The highest BCUT2D eigenvalue weighted by Gasteiger charge is 2.28. The van der Waals surface area contributed by atoms with Crippen LogP contribution in [0.15, 0.2) is 41.8 Å². The molecule has 1 aliphatic rings. The second-order valence-corrected chi connectivity index (χ2v) is 7.63. The summed E-state index contributed by atoms with van der Waals surface area (Å²) in [7, 11) is 0. The van der Waals surface area contributed by atoms with Crippen LogP contribution in [0.3, 0.4) is 0 Å². The van der Waals surface area contributed by atoms with Crippen LogP contribution in [0.5, 0.6) is 5.75 Å². The van der Waals surface area contributed by atoms with Crippen LogP contribution in [0.25, 0.3) is 0 Å². The van der Waals surface area contributed by atoms with Crippen LogP contribution in [-0.4, -0.2) is 17.4 Å². The zero-order chi connectivity index (χ0) is 19.7. The SMILES string of the molecule is Cc1ccc(OCc2nc(CC(=O)N3CCc4c(F)cc(F)cc43)cs2)cc1. The van der Waals surface area contributed by atoms with Gasteiger partial charge in [-0.2, -0.15) is 0 Å². The molecular formula is C21H18F2N2O2S. The fraction of sp³-hybridized carbons (Fsp3) is 0.238. The van der Waals surface area contributed by atoms with E-state index in [2.05, 4.69) is 4.98 Å². The fourth-order valence-corrected chi connectivity index (χ4v) is 3.91. The number of rotatable bonds is 5. The quantitative estimate of drug-likeness (QED) is 0.636. The Morgan fingerprint density at radius 1 is 1.25 bits per heavy atom. The normalized spacial score (nSPS) is 12.9. The molecule has 7 heteroatoms. The van der Waals surface area contributed by atoms with E-state index in [9.17, 15) is 13.6 Å². The van der Waals surface area contributed by atoms with Gasteiger partial charge in [-0.1, -0.05) is 17.7 Å². The van der Waals surface area contributed by atoms with E-state index in [0.29, 0.717) is 36.5 Å². The third-order valence-corrected chi connectivity index (χ3v) is 5.50. The molecule has 0 fully saturated rings. The lowest BCUT2D eigenvalue weighted by Crippen LogP contribution is -2.30. The average Bonchev–Trinajstić information content (AvgIpc) is 3.28. The van der Waals surface area contributed by atoms with Gasteiger partial charge in [-0.25, -0.2) is 13.8 Å². The lowest BCUT2D eigenvalue weighted by atomic mass is 10.1. The number of halogens is 2. The first-order valence-corrected chi connectivity index (χ1v) is 9.78. The highest BCUT2D eigenvalue weighted by atomic mass is 32.1. The van der Waals surface area contributed by atoms with E-state index in [0.717, 1.165) is 22.4 Å². The Morgan fingerprint density at radius 2 is 2.04 bits per heavy atom. The number of ether oxygens (including phenoxy) is 1. The van der Waals surface area contributed by atoms with Gasteiger partial charge in [0.2, 0.25) is 5.91 Å². The molecule has 0 atom stereocenters. The number of aromatic nitrogens is 1. The minimum atomic E-state index is -0.680. The number of aryl methyl sites for hydroxylation is 1. The summed E-state index contributed by atoms with van der Waals surface area (Å²) in [6.45, 7) is 2.68. The second kappa shape index (κ2) is 7.67. The van der Waals surface area contributed by atoms with E-state index in [1.54, 1.807) is 0 Å². The number of benzene rings is 2. The summed E-state index contributed by atoms with van der Waals surface area (Å²) in [5.74, 6) is -0.745. The Labute approximate surface area is 165 Å². The van der Waals surface area contributed by atoms with Crippen molar-refractivity contribution < 1.29 is 18.3 Å². The molecule has 0 spiro atoms. The van der Waals surface area contributed by atoms with E-state index < -0.39 is 11.6 Å². The van der Waals surface area contributed by atoms with Crippen LogP contribution in [0, 0.1) is 18.6 Å². The number of nitrogens with zero attached hydrogens (tertiary/aromatic N) is 2. The molecule has 0 aliphatic carbocycles. The molecular weight excluding hydrogens is 382 g/mol. The Bertz CT molecular complexity index is 1020. The van der Waals surface area contributed by atoms with Gasteiger partial charge in [-0.3, -0.25) is 4.79 Å². The minimum absolute atomic E-state index is 0.0819. The number of hydrogen-bond donors (Lipinski definition) is 0. The molecule has 4 rings (SSSR count). The van der Waals surface area contributed by atoms with Crippen molar-refractivity contribution in [3.63, 3.8) is 0 Å². The van der Waals surface area contributed by atoms with Gasteiger partial charge in [-0.15, -0.1) is 11.3 Å². The van der Waals surface area contributed by atoms with Gasteiger partial charge in [-0.05, 0) is 31.5 Å². The van der Waals surface area contributed by atoms with Crippen molar-refractivity contribution in [2.45, 2.75) is 26.4 Å². The van der Waals surface area contributed by atoms with Crippen LogP contribution >= 0.6 is 11.3 Å². The Balaban J connectivity index is 1.39. The molecule has 0 saturated carbocycles. The topological polar surface area (TPSA) is 42.4 Å². The lowest BCUT2D eigenvalue weighted by molar-refractivity contribution is -0.117. The molecule has 0 unspecified atom stereocenters. The Morgan fingerprint density at radius 3 is 2.82 bits per heavy atom. The first-order valence-electron chi connectivity index (χ1n) is 8.90. The molecule has 2 aromatic carbocycles. The molecule has 0 N–H and O–H groups in total. The van der Waals surface area contributed by atoms with Crippen molar-refractivity contribution in [3.05, 3.63) is 75.2 Å². The van der Waals surface area contributed by atoms with E-state index in [-0.39, 0.29) is 12.3 Å². The van der Waals surface area contributed by atoms with E-state index in [1.165, 1.54) is 22.3 Å². The van der Waals surface area contributed by atoms with Gasteiger partial charge in [0.1, 0.15) is 29.0 Å². The van der Waals surface area contributed by atoms with Crippen molar-refractivity contribution in [2.75, 3.05) is 11.4 Å². The van der Waals surface area contributed by atoms with Crippen molar-refractivity contribution in [1.82, 2.24) is 4.98 Å². The van der Waals surface area contributed by atoms with Crippen LogP contribution in [0.4, 0.5) is 14.5 Å². The van der Waals surface area contributed by atoms with Gasteiger partial charge in [0.05, 0.1) is 17.8 Å². The molecule has 1 aromatic heterocycles. The standard InChI is InChI=1S/C21H18F2N2O2S/c1-13-2-4-16(5-3-13)27-11-20-24-15(12-28-20)10-21(26)25-7-6-17-18(23)8-14(22)9-19(17)25/h2-5,8-9,12H,6-7,10-11H2,1H3. The highest BCUT2D eigenvalue weighted by molar-refractivity contribution is 7.09. The predicted octanol–water partition coefficient (Wildman–Crippen LogP) is 4.44. The summed E-state index contributed by atoms with van der Waals surface area (Å²) in [6.07, 6.45) is 0.471. The first kappa shape index (κ1) is 18.6. The Hall–Kier alpha value is -2.80. The maximum atomic E-state index is 13.9. The number of thiazole rings is 1. The summed E-state index contributed by atoms with van der Waals surface area (Å²) in [4.78, 5) is 18.5. The van der Waals surface area contributed by atoms with Crippen molar-refractivity contribution >= 4 is 22.9 Å². The monoisotopic (exact) mass is 400 g/mol. The average molecular weight is 400 g/mol. The van der Waals surface area contributed by atoms with Crippen LogP contribution in [0.1, 0.15) is 21.8 Å². The zero-order valence-corrected chi connectivity index (χ0v) is 16.1. The lowest BCUT2D eigenvalue weighted by Gasteiger charge is -2.16. The van der Waals surface area contributed by atoms with Crippen LogP contribution in [0.2, 0.25) is 0 Å². The number of carbonyl (C=O) groups excluding carboxylic acids is 1. The largest absolute Gasteiger partial charge is 0.486 e. The summed E-state index contributed by atoms with van der Waals surface area (Å²) >= 11 is 1.42. The van der Waals surface area contributed by atoms with E-state index >= 15 is 0 Å². The zero-order valence-electron chi connectivity index (χ0n) is 15.2. The Kier molecular flexibility index (Phi) is 5.09. The summed E-state index contributed by atoms with van der Waals surface area (Å²) in [5.41, 5.74) is 2.49. The van der Waals surface area contributed by atoms with Gasteiger partial charge >= 0.3 is 0 Å². The second-order valence-electron chi connectivity index (χ2n) is 6.69. The molecule has 28 heavy (non-hydrogen) atoms. The van der Waals surface area contributed by atoms with Gasteiger partial charge in [0.15, 0.2) is 0 Å². The van der Waals surface area contributed by atoms with Gasteiger partial charge < -0.3 is 9.64 Å². The predicted molar refractivity (Wildman–Crippen MR) is 104 cm³/mol. The van der Waals surface area contributed by atoms with Gasteiger partial charge in [0, 0.05) is 23.6 Å². The van der Waals surface area contributed by atoms with Gasteiger partial charge in [0.25, 0.3) is 0 Å². The number of anilines is 1. The third-order valence-electron chi connectivity index (χ3n) is 4.63. The molecule has 4 nitrogen and oxygen atoms in total. The molecule has 2 heterocycles. The van der Waals surface area contributed by atoms with Crippen LogP contribution in [-0.2, 0) is 24.2 Å². The molecule has 0 bridgehead atoms. The smallest absolute Gasteiger partial charge is 0.233 e. The van der Waals surface area contributed by atoms with E-state index in [4.69, 9.17) is 4.74 Å². The van der Waals surface area contributed by atoms with Crippen molar-refractivity contribution in [3.8, 4) is 5.75 Å². The minimum Gasteiger partial charge on any atom is -0.486 e. The number of amides is 1. The first-order chi connectivity index (χ1) is 13.5. The van der Waals surface area contributed by atoms with Crippen molar-refractivity contribution in [2.24, 2.45) is 0 Å². The van der Waals surface area contributed by atoms with E-state index in [1.807, 2.05) is 36.6 Å². The number of fused-ring (bicyclic) bond motifs is 1. The molecule has 0 saturated heterocycles. The summed E-state index contributed by atoms with van der Waals surface area (Å²) < 4.78 is 33.1. The summed E-state index contributed by atoms with van der Waals surface area (Å²) in [5, 5.41) is 2.58. The number of hydrogen-bond acceptors (Lipinski definition) is 4. The molecule has 3 aromatic rings. The fourth-order valence-electron chi connectivity index (χ4n) is 3.21. The third kappa shape index (κ3) is 3.89. The van der Waals surface area contributed by atoms with Crippen molar-refractivity contribution in [1.29, 1.82) is 0 Å². The molecule has 1 amide bonds. The van der Waals surface area contributed by atoms with Crippen LogP contribution < -0.4 is 9.64 Å². The molecule has 0 radical (unpaired) electrons. The maximum Gasteiger partial charge on any atom is 0.233 e. The maximum absolute atomic E-state index is 13.9. The highest BCUT2D eigenvalue weighted by Crippen LogP contribution is 2.31. The number of carbonyl (C=O) groups is 1. The molecule has 144 valence electrons.